The summed E-state index contributed by atoms with van der Waals surface area (Å²) >= 11 is 0. The van der Waals surface area contributed by atoms with Crippen molar-refractivity contribution in [2.24, 2.45) is 0 Å². The van der Waals surface area contributed by atoms with E-state index in [1.54, 1.807) is 6.08 Å². The second kappa shape index (κ2) is 47.7. The van der Waals surface area contributed by atoms with Crippen LogP contribution in [-0.2, 0) is 23.7 Å². The molecule has 0 bridgehead atoms. The van der Waals surface area contributed by atoms with Crippen molar-refractivity contribution in [3.8, 4) is 0 Å². The lowest BCUT2D eigenvalue weighted by molar-refractivity contribution is -0.359. The highest BCUT2D eigenvalue weighted by Gasteiger charge is 2.51. The van der Waals surface area contributed by atoms with Crippen LogP contribution in [0.4, 0.5) is 0 Å². The molecule has 2 heterocycles. The Morgan fingerprint density at radius 3 is 1.38 bits per heavy atom. The molecule has 0 radical (unpaired) electrons. The predicted molar refractivity (Wildman–Crippen MR) is 309 cm³/mol. The molecule has 0 aromatic heterocycles. The summed E-state index contributed by atoms with van der Waals surface area (Å²) < 4.78 is 22.6. The average molecular weight is 1090 g/mol. The summed E-state index contributed by atoms with van der Waals surface area (Å²) in [6, 6.07) is -0.915. The number of rotatable bonds is 46. The Kier molecular flexibility index (Phi) is 43.4. The molecule has 0 saturated carbocycles. The number of carbonyl (C=O) groups excluding carboxylic acids is 1. The van der Waals surface area contributed by atoms with Gasteiger partial charge in [0.1, 0.15) is 48.8 Å². The van der Waals surface area contributed by atoms with Crippen LogP contribution >= 0.6 is 0 Å². The molecule has 2 saturated heterocycles. The second-order valence-corrected chi connectivity index (χ2v) is 20.7. The molecule has 14 nitrogen and oxygen atoms in total. The van der Waals surface area contributed by atoms with Gasteiger partial charge in [-0.25, -0.2) is 0 Å². The van der Waals surface area contributed by atoms with Crippen LogP contribution in [0.15, 0.2) is 97.2 Å². The van der Waals surface area contributed by atoms with Crippen molar-refractivity contribution in [1.82, 2.24) is 5.32 Å². The molecule has 0 aromatic rings. The maximum absolute atomic E-state index is 13.1. The summed E-state index contributed by atoms with van der Waals surface area (Å²) in [6.07, 6.45) is 49.5. The van der Waals surface area contributed by atoms with E-state index in [2.05, 4.69) is 104 Å². The minimum Gasteiger partial charge on any atom is -0.394 e. The predicted octanol–water partition coefficient (Wildman–Crippen LogP) is 10.3. The van der Waals surface area contributed by atoms with Gasteiger partial charge in [0.05, 0.1) is 32.0 Å². The van der Waals surface area contributed by atoms with Crippen LogP contribution in [0, 0.1) is 0 Å². The zero-order chi connectivity index (χ0) is 56.0. The van der Waals surface area contributed by atoms with E-state index in [1.165, 1.54) is 77.0 Å². The van der Waals surface area contributed by atoms with E-state index < -0.39 is 86.8 Å². The van der Waals surface area contributed by atoms with Gasteiger partial charge in [-0.1, -0.05) is 214 Å². The summed E-state index contributed by atoms with van der Waals surface area (Å²) in [6.45, 7) is 2.57. The van der Waals surface area contributed by atoms with Crippen molar-refractivity contribution < 1.29 is 64.6 Å². The van der Waals surface area contributed by atoms with E-state index in [0.29, 0.717) is 6.42 Å². The van der Waals surface area contributed by atoms with Gasteiger partial charge in [0, 0.05) is 6.42 Å². The van der Waals surface area contributed by atoms with Crippen molar-refractivity contribution >= 4 is 5.91 Å². The number of aliphatic hydroxyl groups excluding tert-OH is 8. The molecule has 12 atom stereocenters. The monoisotopic (exact) mass is 1090 g/mol. The zero-order valence-corrected chi connectivity index (χ0v) is 47.4. The minimum absolute atomic E-state index is 0.249. The number of hydrogen-bond donors (Lipinski definition) is 9. The van der Waals surface area contributed by atoms with Crippen molar-refractivity contribution in [3.05, 3.63) is 97.2 Å². The van der Waals surface area contributed by atoms with Crippen LogP contribution in [0.3, 0.4) is 0 Å². The molecule has 2 aliphatic heterocycles. The Balaban J connectivity index is 1.54. The first kappa shape index (κ1) is 70.0. The summed E-state index contributed by atoms with van der Waals surface area (Å²) in [5.41, 5.74) is 0. The lowest BCUT2D eigenvalue weighted by Crippen LogP contribution is -2.65. The van der Waals surface area contributed by atoms with Gasteiger partial charge in [0.2, 0.25) is 5.91 Å². The lowest BCUT2D eigenvalue weighted by Gasteiger charge is -2.46. The quantitative estimate of drug-likeness (QED) is 0.0205. The highest BCUT2D eigenvalue weighted by molar-refractivity contribution is 5.76. The van der Waals surface area contributed by atoms with Crippen molar-refractivity contribution in [1.29, 1.82) is 0 Å². The van der Waals surface area contributed by atoms with Gasteiger partial charge in [0.15, 0.2) is 12.6 Å². The Morgan fingerprint density at radius 2 is 0.896 bits per heavy atom. The fourth-order valence-electron chi connectivity index (χ4n) is 9.21. The first-order valence-corrected chi connectivity index (χ1v) is 30.0. The maximum atomic E-state index is 13.1. The van der Waals surface area contributed by atoms with Gasteiger partial charge in [-0.05, 0) is 77.0 Å². The molecule has 0 spiro atoms. The largest absolute Gasteiger partial charge is 0.394 e. The van der Waals surface area contributed by atoms with E-state index >= 15 is 0 Å². The van der Waals surface area contributed by atoms with Crippen LogP contribution in [-0.4, -0.2) is 140 Å². The van der Waals surface area contributed by atoms with E-state index in [4.69, 9.17) is 18.9 Å². The van der Waals surface area contributed by atoms with Crippen molar-refractivity contribution in [2.45, 2.75) is 274 Å². The number of nitrogens with one attached hydrogen (secondary N) is 1. The van der Waals surface area contributed by atoms with Crippen LogP contribution < -0.4 is 5.32 Å². The first-order valence-electron chi connectivity index (χ1n) is 30.0. The fourth-order valence-corrected chi connectivity index (χ4v) is 9.21. The van der Waals surface area contributed by atoms with Crippen LogP contribution in [0.2, 0.25) is 0 Å². The van der Waals surface area contributed by atoms with Crippen LogP contribution in [0.25, 0.3) is 0 Å². The van der Waals surface area contributed by atoms with E-state index in [1.807, 2.05) is 6.08 Å². The Labute approximate surface area is 464 Å². The average Bonchev–Trinajstić information content (AvgIpc) is 3.43. The Bertz CT molecular complexity index is 1660. The minimum atomic E-state index is -1.79. The van der Waals surface area contributed by atoms with Crippen molar-refractivity contribution in [3.63, 3.8) is 0 Å². The normalized spacial score (nSPS) is 25.4. The van der Waals surface area contributed by atoms with E-state index in [0.717, 1.165) is 96.3 Å². The topological polar surface area (TPSA) is 228 Å². The second-order valence-electron chi connectivity index (χ2n) is 20.7. The smallest absolute Gasteiger partial charge is 0.220 e. The number of unbranched alkanes of at least 4 members (excludes halogenated alkanes) is 19. The van der Waals surface area contributed by atoms with Gasteiger partial charge in [-0.2, -0.15) is 0 Å². The third kappa shape index (κ3) is 33.3. The molecular formula is C63H107NO13. The molecule has 1 amide bonds. The van der Waals surface area contributed by atoms with Gasteiger partial charge >= 0.3 is 0 Å². The molecule has 442 valence electrons. The number of hydrogen-bond acceptors (Lipinski definition) is 13. The van der Waals surface area contributed by atoms with E-state index in [9.17, 15) is 45.6 Å². The third-order valence-electron chi connectivity index (χ3n) is 14.0. The molecule has 77 heavy (non-hydrogen) atoms. The van der Waals surface area contributed by atoms with Crippen molar-refractivity contribution in [2.75, 3.05) is 19.8 Å². The highest BCUT2D eigenvalue weighted by Crippen LogP contribution is 2.30. The first-order chi connectivity index (χ1) is 37.6. The molecule has 14 heteroatoms. The van der Waals surface area contributed by atoms with Gasteiger partial charge in [-0.3, -0.25) is 4.79 Å². The molecule has 2 rings (SSSR count). The van der Waals surface area contributed by atoms with E-state index in [-0.39, 0.29) is 18.9 Å². The molecular weight excluding hydrogens is 979 g/mol. The standard InChI is InChI=1S/C63H107NO13/c1-3-5-7-9-11-12-13-14-15-16-17-18-19-20-21-22-23-24-25-26-27-28-29-30-31-32-33-34-35-36-37-38-39-40-41-43-45-47-55(68)64-51(52(67)46-44-42-10-8-6-4-2)50-74-62-60(73)58(71)61(54(49-66)76-62)77-63-59(72)57(70)56(69)53(48-65)75-63/h5,7,11-12,14-15,17-18,20-21,23-24,26-27,44,46,51-54,56-63,65-67,69-73H,3-4,6,8-10,13,16,19,22,25,28-43,45,47-50H2,1-2H3,(H,64,68)/b7-5-,12-11-,15-14-,18-17-,21-20-,24-23-,27-26-,46-44+. The molecule has 2 aliphatic rings. The fraction of sp³-hybridized carbons (Fsp3) is 0.730. The molecule has 0 aromatic carbocycles. The van der Waals surface area contributed by atoms with Gasteiger partial charge < -0.3 is 65.1 Å². The SMILES string of the molecule is CC/C=C\C/C=C\C/C=C\C/C=C\C/C=C\C/C=C\C/C=C\CCCCCCCCCCCCCCCCCC(=O)NC(COC1OC(CO)C(OC2OC(CO)C(O)C(O)C2O)C(O)C1O)C(O)/C=C/CCCCCC. The van der Waals surface area contributed by atoms with Gasteiger partial charge in [-0.15, -0.1) is 0 Å². The molecule has 2 fully saturated rings. The van der Waals surface area contributed by atoms with Gasteiger partial charge in [0.25, 0.3) is 0 Å². The number of allylic oxidation sites excluding steroid dienone is 15. The number of aliphatic hydroxyl groups is 8. The Hall–Kier alpha value is -3.09. The third-order valence-corrected chi connectivity index (χ3v) is 14.0. The highest BCUT2D eigenvalue weighted by atomic mass is 16.7. The number of carbonyl (C=O) groups is 1. The summed E-state index contributed by atoms with van der Waals surface area (Å²) in [7, 11) is 0. The maximum Gasteiger partial charge on any atom is 0.220 e. The molecule has 12 unspecified atom stereocenters. The van der Waals surface area contributed by atoms with Crippen LogP contribution in [0.1, 0.15) is 200 Å². The molecule has 9 N–H and O–H groups in total. The molecule has 0 aliphatic carbocycles. The van der Waals surface area contributed by atoms with Crippen LogP contribution in [0.5, 0.6) is 0 Å². The zero-order valence-electron chi connectivity index (χ0n) is 47.4. The number of ether oxygens (including phenoxy) is 4. The summed E-state index contributed by atoms with van der Waals surface area (Å²) in [5, 5.41) is 86.5. The Morgan fingerprint density at radius 1 is 0.481 bits per heavy atom. The summed E-state index contributed by atoms with van der Waals surface area (Å²) in [4.78, 5) is 13.1. The lowest BCUT2D eigenvalue weighted by atomic mass is 9.97. The summed E-state index contributed by atoms with van der Waals surface area (Å²) in [5.74, 6) is -0.249. The number of amides is 1.